The molecule has 0 amide bonds. The van der Waals surface area contributed by atoms with Gasteiger partial charge in [0.25, 0.3) is 0 Å². The molecular weight excluding hydrogens is 162 g/mol. The maximum absolute atomic E-state index is 3.17. The molecule has 10 heavy (non-hydrogen) atoms. The highest BCUT2D eigenvalue weighted by molar-refractivity contribution is 8.02. The van der Waals surface area contributed by atoms with Crippen LogP contribution in [-0.4, -0.2) is 36.6 Å². The summed E-state index contributed by atoms with van der Waals surface area (Å²) in [4.78, 5) is 0. The molecule has 0 rings (SSSR count). The topological polar surface area (TPSA) is 12.0 Å². The Morgan fingerprint density at radius 1 is 1.40 bits per heavy atom. The van der Waals surface area contributed by atoms with Crippen molar-refractivity contribution in [3.05, 3.63) is 0 Å². The van der Waals surface area contributed by atoms with Crippen molar-refractivity contribution in [1.29, 1.82) is 0 Å². The Hall–Kier alpha value is 0.660. The lowest BCUT2D eigenvalue weighted by molar-refractivity contribution is 0.785. The zero-order valence-electron chi connectivity index (χ0n) is 7.02. The van der Waals surface area contributed by atoms with Gasteiger partial charge in [0.1, 0.15) is 0 Å². The van der Waals surface area contributed by atoms with E-state index in [0.29, 0.717) is 0 Å². The number of hydrogen-bond donors (Lipinski definition) is 1. The van der Waals surface area contributed by atoms with Gasteiger partial charge in [0.15, 0.2) is 0 Å². The predicted molar refractivity (Wildman–Crippen MR) is 54.2 cm³/mol. The molecule has 0 spiro atoms. The van der Waals surface area contributed by atoms with Crippen LogP contribution in [0.15, 0.2) is 0 Å². The van der Waals surface area contributed by atoms with Gasteiger partial charge in [0, 0.05) is 23.3 Å². The summed E-state index contributed by atoms with van der Waals surface area (Å²) in [7, 11) is 2.01. The average Bonchev–Trinajstić information content (AvgIpc) is 1.89. The zero-order chi connectivity index (χ0) is 7.82. The first-order valence-corrected chi connectivity index (χ1v) is 6.00. The molecule has 1 atom stereocenters. The van der Waals surface area contributed by atoms with Gasteiger partial charge in [-0.25, -0.2) is 0 Å². The van der Waals surface area contributed by atoms with Gasteiger partial charge < -0.3 is 5.32 Å². The molecule has 0 aliphatic rings. The van der Waals surface area contributed by atoms with Crippen LogP contribution in [0.4, 0.5) is 0 Å². The van der Waals surface area contributed by atoms with Crippen LogP contribution in [0.1, 0.15) is 6.92 Å². The van der Waals surface area contributed by atoms with Crippen LogP contribution in [0.25, 0.3) is 0 Å². The first kappa shape index (κ1) is 10.7. The van der Waals surface area contributed by atoms with Crippen LogP contribution in [-0.2, 0) is 0 Å². The predicted octanol–water partition coefficient (Wildman–Crippen LogP) is 1.69. The summed E-state index contributed by atoms with van der Waals surface area (Å²) in [5.41, 5.74) is 0. The van der Waals surface area contributed by atoms with Crippen molar-refractivity contribution < 1.29 is 0 Å². The third kappa shape index (κ3) is 6.78. The third-order valence-electron chi connectivity index (χ3n) is 1.18. The molecule has 0 radical (unpaired) electrons. The fourth-order valence-corrected chi connectivity index (χ4v) is 2.42. The highest BCUT2D eigenvalue weighted by Gasteiger charge is 1.98. The standard InChI is InChI=1S/C7H17NS2/c1-7(6-8-2)10-5-4-9-3/h7-8H,4-6H2,1-3H3. The van der Waals surface area contributed by atoms with Crippen LogP contribution in [0.5, 0.6) is 0 Å². The molecule has 0 aromatic heterocycles. The first-order chi connectivity index (χ1) is 4.81. The molecule has 1 N–H and O–H groups in total. The molecule has 0 aliphatic heterocycles. The highest BCUT2D eigenvalue weighted by Crippen LogP contribution is 2.10. The number of nitrogens with one attached hydrogen (secondary N) is 1. The van der Waals surface area contributed by atoms with Gasteiger partial charge in [-0.2, -0.15) is 23.5 Å². The number of thioether (sulfide) groups is 2. The smallest absolute Gasteiger partial charge is 0.0144 e. The Kier molecular flexibility index (Phi) is 8.28. The van der Waals surface area contributed by atoms with Crippen LogP contribution < -0.4 is 5.32 Å². The molecule has 0 saturated heterocycles. The fourth-order valence-electron chi connectivity index (χ4n) is 0.679. The van der Waals surface area contributed by atoms with Crippen molar-refractivity contribution in [1.82, 2.24) is 5.32 Å². The summed E-state index contributed by atoms with van der Waals surface area (Å²) >= 11 is 3.96. The largest absolute Gasteiger partial charge is 0.319 e. The molecule has 0 heterocycles. The highest BCUT2D eigenvalue weighted by atomic mass is 32.2. The summed E-state index contributed by atoms with van der Waals surface area (Å²) in [5, 5.41) is 3.93. The van der Waals surface area contributed by atoms with E-state index in [-0.39, 0.29) is 0 Å². The SMILES string of the molecule is CNCC(C)SCCSC. The van der Waals surface area contributed by atoms with Gasteiger partial charge >= 0.3 is 0 Å². The molecule has 0 aromatic rings. The van der Waals surface area contributed by atoms with E-state index in [9.17, 15) is 0 Å². The molecular formula is C7H17NS2. The first-order valence-electron chi connectivity index (χ1n) is 3.56. The lowest BCUT2D eigenvalue weighted by Gasteiger charge is -2.08. The van der Waals surface area contributed by atoms with Crippen molar-refractivity contribution in [2.24, 2.45) is 0 Å². The summed E-state index contributed by atoms with van der Waals surface area (Å²) < 4.78 is 0. The minimum atomic E-state index is 0.761. The van der Waals surface area contributed by atoms with Gasteiger partial charge in [0.05, 0.1) is 0 Å². The van der Waals surface area contributed by atoms with Crippen LogP contribution >= 0.6 is 23.5 Å². The van der Waals surface area contributed by atoms with E-state index in [1.165, 1.54) is 11.5 Å². The van der Waals surface area contributed by atoms with Crippen molar-refractivity contribution in [2.75, 3.05) is 31.4 Å². The van der Waals surface area contributed by atoms with E-state index in [2.05, 4.69) is 18.5 Å². The van der Waals surface area contributed by atoms with Crippen LogP contribution in [0.3, 0.4) is 0 Å². The van der Waals surface area contributed by atoms with Gasteiger partial charge in [-0.15, -0.1) is 0 Å². The molecule has 62 valence electrons. The second kappa shape index (κ2) is 7.76. The van der Waals surface area contributed by atoms with E-state index in [0.717, 1.165) is 11.8 Å². The minimum Gasteiger partial charge on any atom is -0.319 e. The molecule has 0 aromatic carbocycles. The summed E-state index contributed by atoms with van der Waals surface area (Å²) in [6.45, 7) is 3.39. The van der Waals surface area contributed by atoms with Gasteiger partial charge in [-0.05, 0) is 13.3 Å². The summed E-state index contributed by atoms with van der Waals surface area (Å²) in [6, 6.07) is 0. The van der Waals surface area contributed by atoms with Gasteiger partial charge in [-0.3, -0.25) is 0 Å². The molecule has 0 saturated carbocycles. The zero-order valence-corrected chi connectivity index (χ0v) is 8.65. The van der Waals surface area contributed by atoms with Crippen molar-refractivity contribution in [2.45, 2.75) is 12.2 Å². The van der Waals surface area contributed by atoms with Crippen LogP contribution in [0, 0.1) is 0 Å². The normalized spacial score (nSPS) is 13.5. The molecule has 1 unspecified atom stereocenters. The monoisotopic (exact) mass is 179 g/mol. The molecule has 1 nitrogen and oxygen atoms in total. The van der Waals surface area contributed by atoms with Crippen molar-refractivity contribution >= 4 is 23.5 Å². The molecule has 3 heteroatoms. The van der Waals surface area contributed by atoms with Crippen molar-refractivity contribution in [3.63, 3.8) is 0 Å². The van der Waals surface area contributed by atoms with Crippen molar-refractivity contribution in [3.8, 4) is 0 Å². The Balaban J connectivity index is 2.97. The van der Waals surface area contributed by atoms with E-state index in [1.807, 2.05) is 30.6 Å². The molecule has 0 aliphatic carbocycles. The second-order valence-corrected chi connectivity index (χ2v) is 4.76. The van der Waals surface area contributed by atoms with Crippen LogP contribution in [0.2, 0.25) is 0 Å². The fraction of sp³-hybridized carbons (Fsp3) is 1.00. The Bertz CT molecular complexity index is 68.6. The maximum atomic E-state index is 3.17. The molecule has 0 fully saturated rings. The van der Waals surface area contributed by atoms with E-state index < -0.39 is 0 Å². The lowest BCUT2D eigenvalue weighted by atomic mass is 10.5. The van der Waals surface area contributed by atoms with E-state index in [1.54, 1.807) is 0 Å². The third-order valence-corrected chi connectivity index (χ3v) is 3.23. The number of rotatable bonds is 6. The maximum Gasteiger partial charge on any atom is 0.0144 e. The summed E-state index contributed by atoms with van der Waals surface area (Å²) in [6.07, 6.45) is 2.16. The Labute approximate surface area is 72.7 Å². The molecule has 0 bridgehead atoms. The second-order valence-electron chi connectivity index (χ2n) is 2.23. The minimum absolute atomic E-state index is 0.761. The Morgan fingerprint density at radius 3 is 2.60 bits per heavy atom. The lowest BCUT2D eigenvalue weighted by Crippen LogP contribution is -2.18. The van der Waals surface area contributed by atoms with Gasteiger partial charge in [-0.1, -0.05) is 6.92 Å². The van der Waals surface area contributed by atoms with E-state index >= 15 is 0 Å². The number of hydrogen-bond acceptors (Lipinski definition) is 3. The quantitative estimate of drug-likeness (QED) is 0.623. The average molecular weight is 179 g/mol. The Morgan fingerprint density at radius 2 is 2.10 bits per heavy atom. The summed E-state index contributed by atoms with van der Waals surface area (Å²) in [5.74, 6) is 2.56. The van der Waals surface area contributed by atoms with Gasteiger partial charge in [0.2, 0.25) is 0 Å². The van der Waals surface area contributed by atoms with E-state index in [4.69, 9.17) is 0 Å².